The topological polar surface area (TPSA) is 76.3 Å². The third kappa shape index (κ3) is 3.56. The molecular weight excluding hydrogens is 274 g/mol. The maximum Gasteiger partial charge on any atom is 0.214 e. The molecule has 1 aliphatic rings. The van der Waals surface area contributed by atoms with Crippen molar-refractivity contribution >= 4 is 10.0 Å². The summed E-state index contributed by atoms with van der Waals surface area (Å²) >= 11 is 0. The molecule has 2 rings (SSSR count). The van der Waals surface area contributed by atoms with Gasteiger partial charge in [-0.3, -0.25) is 4.98 Å². The zero-order chi connectivity index (χ0) is 14.6. The minimum absolute atomic E-state index is 0.0498. The summed E-state index contributed by atoms with van der Waals surface area (Å²) in [5.74, 6) is 0.477. The first-order valence-electron chi connectivity index (χ1n) is 7.13. The predicted octanol–water partition coefficient (Wildman–Crippen LogP) is 1.01. The number of sulfonamides is 1. The van der Waals surface area contributed by atoms with Gasteiger partial charge in [0.2, 0.25) is 10.0 Å². The predicted molar refractivity (Wildman–Crippen MR) is 79.7 cm³/mol. The Balaban J connectivity index is 2.05. The van der Waals surface area contributed by atoms with Crippen LogP contribution in [0.1, 0.15) is 25.3 Å². The molecule has 5 nitrogen and oxygen atoms in total. The number of aromatic nitrogens is 1. The van der Waals surface area contributed by atoms with Crippen LogP contribution in [0.5, 0.6) is 0 Å². The molecular formula is C14H23N3O2S. The molecule has 0 amide bonds. The maximum absolute atomic E-state index is 12.5. The summed E-state index contributed by atoms with van der Waals surface area (Å²) in [5, 5.41) is 0. The Morgan fingerprint density at radius 3 is 2.75 bits per heavy atom. The molecule has 1 aromatic heterocycles. The highest BCUT2D eigenvalue weighted by Crippen LogP contribution is 2.25. The molecule has 6 heteroatoms. The summed E-state index contributed by atoms with van der Waals surface area (Å²) in [6, 6.07) is 3.66. The fourth-order valence-electron chi connectivity index (χ4n) is 2.82. The zero-order valence-electron chi connectivity index (χ0n) is 11.9. The van der Waals surface area contributed by atoms with E-state index in [1.807, 2.05) is 12.1 Å². The van der Waals surface area contributed by atoms with E-state index in [1.54, 1.807) is 16.7 Å². The lowest BCUT2D eigenvalue weighted by Gasteiger charge is -2.38. The quantitative estimate of drug-likeness (QED) is 0.880. The number of nitrogens with zero attached hydrogens (tertiary/aromatic N) is 2. The van der Waals surface area contributed by atoms with Gasteiger partial charge in [-0.2, -0.15) is 4.31 Å². The molecule has 0 bridgehead atoms. The Kier molecular flexibility index (Phi) is 5.12. The fourth-order valence-corrected chi connectivity index (χ4v) is 4.66. The molecule has 0 aromatic carbocycles. The van der Waals surface area contributed by atoms with Crippen molar-refractivity contribution in [1.82, 2.24) is 9.29 Å². The van der Waals surface area contributed by atoms with Crippen LogP contribution in [0.4, 0.5) is 0 Å². The van der Waals surface area contributed by atoms with Gasteiger partial charge in [0.05, 0.1) is 5.75 Å². The van der Waals surface area contributed by atoms with Crippen LogP contribution in [0.15, 0.2) is 24.5 Å². The lowest BCUT2D eigenvalue weighted by molar-refractivity contribution is 0.192. The first kappa shape index (κ1) is 15.4. The largest absolute Gasteiger partial charge is 0.329 e. The molecule has 0 spiro atoms. The van der Waals surface area contributed by atoms with Gasteiger partial charge in [-0.15, -0.1) is 0 Å². The molecule has 0 saturated carbocycles. The van der Waals surface area contributed by atoms with Gasteiger partial charge in [-0.25, -0.2) is 8.42 Å². The Hall–Kier alpha value is -0.980. The molecule has 1 saturated heterocycles. The van der Waals surface area contributed by atoms with Crippen LogP contribution >= 0.6 is 0 Å². The number of hydrogen-bond donors (Lipinski definition) is 1. The van der Waals surface area contributed by atoms with Gasteiger partial charge in [-0.05, 0) is 42.9 Å². The van der Waals surface area contributed by atoms with E-state index in [-0.39, 0.29) is 11.8 Å². The van der Waals surface area contributed by atoms with Crippen LogP contribution in [0, 0.1) is 5.92 Å². The average Bonchev–Trinajstić information content (AvgIpc) is 2.46. The first-order valence-corrected chi connectivity index (χ1v) is 8.74. The van der Waals surface area contributed by atoms with Crippen LogP contribution in [0.2, 0.25) is 0 Å². The Morgan fingerprint density at radius 1 is 1.40 bits per heavy atom. The van der Waals surface area contributed by atoms with Crippen molar-refractivity contribution in [1.29, 1.82) is 0 Å². The number of pyridine rings is 1. The van der Waals surface area contributed by atoms with Gasteiger partial charge in [0.25, 0.3) is 0 Å². The van der Waals surface area contributed by atoms with Crippen molar-refractivity contribution in [3.63, 3.8) is 0 Å². The molecule has 2 unspecified atom stereocenters. The Labute approximate surface area is 121 Å². The molecule has 1 fully saturated rings. The SMILES string of the molecule is CC1CCCN(S(=O)(=O)CCc2ccncc2)C1CN. The summed E-state index contributed by atoms with van der Waals surface area (Å²) < 4.78 is 26.7. The minimum Gasteiger partial charge on any atom is -0.329 e. The van der Waals surface area contributed by atoms with Gasteiger partial charge in [0, 0.05) is 31.5 Å². The average molecular weight is 297 g/mol. The second-order valence-corrected chi connectivity index (χ2v) is 7.50. The van der Waals surface area contributed by atoms with E-state index >= 15 is 0 Å². The smallest absolute Gasteiger partial charge is 0.214 e. The van der Waals surface area contributed by atoms with Crippen molar-refractivity contribution in [3.05, 3.63) is 30.1 Å². The van der Waals surface area contributed by atoms with E-state index in [0.29, 0.717) is 25.4 Å². The number of rotatable bonds is 5. The van der Waals surface area contributed by atoms with E-state index in [2.05, 4.69) is 11.9 Å². The van der Waals surface area contributed by atoms with E-state index in [4.69, 9.17) is 5.73 Å². The summed E-state index contributed by atoms with van der Waals surface area (Å²) in [6.45, 7) is 3.09. The summed E-state index contributed by atoms with van der Waals surface area (Å²) in [6.07, 6.45) is 5.87. The van der Waals surface area contributed by atoms with Crippen molar-refractivity contribution in [2.24, 2.45) is 11.7 Å². The summed E-state index contributed by atoms with van der Waals surface area (Å²) in [7, 11) is -3.24. The van der Waals surface area contributed by atoms with Crippen molar-refractivity contribution in [3.8, 4) is 0 Å². The van der Waals surface area contributed by atoms with E-state index < -0.39 is 10.0 Å². The van der Waals surface area contributed by atoms with Crippen LogP contribution in [-0.4, -0.2) is 42.6 Å². The number of piperidine rings is 1. The molecule has 2 atom stereocenters. The van der Waals surface area contributed by atoms with Crippen LogP contribution in [-0.2, 0) is 16.4 Å². The standard InChI is InChI=1S/C14H23N3O2S/c1-12-3-2-9-17(14(12)11-15)20(18,19)10-6-13-4-7-16-8-5-13/h4-5,7-8,12,14H,2-3,6,9-11,15H2,1H3. The molecule has 1 aromatic rings. The van der Waals surface area contributed by atoms with Gasteiger partial charge in [-0.1, -0.05) is 6.92 Å². The molecule has 1 aliphatic heterocycles. The number of hydrogen-bond acceptors (Lipinski definition) is 4. The summed E-state index contributed by atoms with van der Waals surface area (Å²) in [5.41, 5.74) is 6.77. The third-order valence-electron chi connectivity index (χ3n) is 4.06. The normalized spacial score (nSPS) is 24.7. The van der Waals surface area contributed by atoms with Crippen molar-refractivity contribution in [2.45, 2.75) is 32.2 Å². The Bertz CT molecular complexity index is 518. The number of aryl methyl sites for hydroxylation is 1. The lowest BCUT2D eigenvalue weighted by Crippen LogP contribution is -2.52. The van der Waals surface area contributed by atoms with Gasteiger partial charge in [0.1, 0.15) is 0 Å². The van der Waals surface area contributed by atoms with Gasteiger partial charge < -0.3 is 5.73 Å². The maximum atomic E-state index is 12.5. The highest BCUT2D eigenvalue weighted by atomic mass is 32.2. The summed E-state index contributed by atoms with van der Waals surface area (Å²) in [4.78, 5) is 3.94. The second kappa shape index (κ2) is 6.65. The number of nitrogens with two attached hydrogens (primary N) is 1. The molecule has 112 valence electrons. The van der Waals surface area contributed by atoms with Crippen LogP contribution in [0.25, 0.3) is 0 Å². The van der Waals surface area contributed by atoms with Gasteiger partial charge in [0.15, 0.2) is 0 Å². The minimum atomic E-state index is -3.24. The van der Waals surface area contributed by atoms with E-state index in [0.717, 1.165) is 18.4 Å². The van der Waals surface area contributed by atoms with E-state index in [9.17, 15) is 8.42 Å². The van der Waals surface area contributed by atoms with Crippen molar-refractivity contribution < 1.29 is 8.42 Å². The molecule has 0 radical (unpaired) electrons. The monoisotopic (exact) mass is 297 g/mol. The highest BCUT2D eigenvalue weighted by Gasteiger charge is 2.34. The highest BCUT2D eigenvalue weighted by molar-refractivity contribution is 7.89. The molecule has 0 aliphatic carbocycles. The lowest BCUT2D eigenvalue weighted by atomic mass is 9.93. The van der Waals surface area contributed by atoms with E-state index in [1.165, 1.54) is 0 Å². The first-order chi connectivity index (χ1) is 9.54. The third-order valence-corrected chi connectivity index (χ3v) is 5.95. The van der Waals surface area contributed by atoms with Crippen LogP contribution in [0.3, 0.4) is 0 Å². The van der Waals surface area contributed by atoms with Crippen molar-refractivity contribution in [2.75, 3.05) is 18.8 Å². The van der Waals surface area contributed by atoms with Crippen LogP contribution < -0.4 is 5.73 Å². The second-order valence-electron chi connectivity index (χ2n) is 5.45. The Morgan fingerprint density at radius 2 is 2.10 bits per heavy atom. The molecule has 2 heterocycles. The molecule has 2 N–H and O–H groups in total. The fraction of sp³-hybridized carbons (Fsp3) is 0.643. The zero-order valence-corrected chi connectivity index (χ0v) is 12.7. The van der Waals surface area contributed by atoms with Gasteiger partial charge >= 0.3 is 0 Å². The molecule has 20 heavy (non-hydrogen) atoms.